The number of hydrogen-bond acceptors (Lipinski definition) is 5. The van der Waals surface area contributed by atoms with E-state index < -0.39 is 35.6 Å². The second-order valence-electron chi connectivity index (χ2n) is 12.3. The highest BCUT2D eigenvalue weighted by molar-refractivity contribution is 6.34. The largest absolute Gasteiger partial charge is 0.508 e. The Labute approximate surface area is 264 Å². The Morgan fingerprint density at radius 3 is 2.36 bits per heavy atom. The fourth-order valence-electron chi connectivity index (χ4n) is 5.15. The molecule has 4 unspecified atom stereocenters. The van der Waals surface area contributed by atoms with Gasteiger partial charge in [0.05, 0.1) is 10.7 Å². The van der Waals surface area contributed by atoms with Crippen LogP contribution in [0.1, 0.15) is 62.4 Å². The number of alkyl carbamates (subject to hydrolysis) is 1. The number of halogens is 1. The van der Waals surface area contributed by atoms with Gasteiger partial charge in [-0.3, -0.25) is 9.59 Å². The minimum atomic E-state index is -1.07. The van der Waals surface area contributed by atoms with E-state index in [9.17, 15) is 19.5 Å². The monoisotopic (exact) mass is 617 g/mol. The van der Waals surface area contributed by atoms with E-state index in [1.807, 2.05) is 38.1 Å². The van der Waals surface area contributed by atoms with Gasteiger partial charge in [0.25, 0.3) is 5.91 Å². The van der Waals surface area contributed by atoms with Crippen LogP contribution in [0.2, 0.25) is 5.02 Å². The van der Waals surface area contributed by atoms with Crippen molar-refractivity contribution < 1.29 is 24.2 Å². The first-order valence-electron chi connectivity index (χ1n) is 14.7. The molecule has 8 nitrogen and oxygen atoms in total. The number of nitrogens with one attached hydrogen (secondary N) is 2. The molecule has 9 heteroatoms. The summed E-state index contributed by atoms with van der Waals surface area (Å²) in [7, 11) is 0. The summed E-state index contributed by atoms with van der Waals surface area (Å²) >= 11 is 6.49. The molecule has 0 bridgehead atoms. The molecule has 3 N–H and O–H groups in total. The Balaban J connectivity index is 1.79. The third-order valence-electron chi connectivity index (χ3n) is 7.50. The van der Waals surface area contributed by atoms with E-state index in [4.69, 9.17) is 16.3 Å². The second kappa shape index (κ2) is 13.6. The molecule has 0 heterocycles. The Morgan fingerprint density at radius 1 is 1.11 bits per heavy atom. The molecule has 0 saturated heterocycles. The zero-order chi connectivity index (χ0) is 32.2. The Hall–Kier alpha value is -4.30. The number of phenolic OH excluding ortho intramolecular Hbond substituents is 1. The molecule has 1 saturated carbocycles. The molecule has 3 amide bonds. The van der Waals surface area contributed by atoms with Gasteiger partial charge in [0.1, 0.15) is 23.4 Å². The van der Waals surface area contributed by atoms with Crippen molar-refractivity contribution in [1.82, 2.24) is 10.2 Å². The lowest BCUT2D eigenvalue weighted by molar-refractivity contribution is -0.141. The van der Waals surface area contributed by atoms with E-state index in [2.05, 4.69) is 17.2 Å². The number of rotatable bonds is 10. The number of nitrogens with zero attached hydrogens (tertiary/aromatic N) is 1. The van der Waals surface area contributed by atoms with Crippen LogP contribution in [0, 0.1) is 12.8 Å². The first kappa shape index (κ1) is 32.6. The Bertz CT molecular complexity index is 1510. The van der Waals surface area contributed by atoms with Gasteiger partial charge in [0, 0.05) is 12.5 Å². The second-order valence-corrected chi connectivity index (χ2v) is 12.7. The smallest absolute Gasteiger partial charge is 0.408 e. The van der Waals surface area contributed by atoms with Crippen molar-refractivity contribution in [3.05, 3.63) is 101 Å². The first-order chi connectivity index (χ1) is 20.8. The fourth-order valence-corrected chi connectivity index (χ4v) is 5.41. The molecule has 1 aliphatic carbocycles. The number of ether oxygens (including phenoxy) is 1. The molecular formula is C35H40ClN3O5. The van der Waals surface area contributed by atoms with Gasteiger partial charge >= 0.3 is 6.09 Å². The van der Waals surface area contributed by atoms with Crippen LogP contribution in [0.3, 0.4) is 0 Å². The number of phenols is 1. The summed E-state index contributed by atoms with van der Waals surface area (Å²) < 4.78 is 5.51. The summed E-state index contributed by atoms with van der Waals surface area (Å²) in [4.78, 5) is 43.6. The predicted molar refractivity (Wildman–Crippen MR) is 173 cm³/mol. The molecule has 4 rings (SSSR count). The van der Waals surface area contributed by atoms with E-state index in [0.29, 0.717) is 28.3 Å². The summed E-state index contributed by atoms with van der Waals surface area (Å²) in [5.74, 6) is -0.651. The maximum absolute atomic E-state index is 14.7. The predicted octanol–water partition coefficient (Wildman–Crippen LogP) is 7.05. The molecule has 3 aromatic rings. The number of anilines is 1. The molecule has 232 valence electrons. The van der Waals surface area contributed by atoms with Gasteiger partial charge in [-0.2, -0.15) is 0 Å². The van der Waals surface area contributed by atoms with E-state index in [0.717, 1.165) is 11.1 Å². The van der Waals surface area contributed by atoms with Crippen molar-refractivity contribution in [2.75, 3.05) is 5.32 Å². The summed E-state index contributed by atoms with van der Waals surface area (Å²) in [5.41, 5.74) is 2.55. The number of benzene rings is 3. The van der Waals surface area contributed by atoms with Crippen LogP contribution >= 0.6 is 11.6 Å². The van der Waals surface area contributed by atoms with Gasteiger partial charge in [0.2, 0.25) is 5.91 Å². The molecule has 1 aliphatic rings. The third kappa shape index (κ3) is 8.20. The fraction of sp³-hybridized carbons (Fsp3) is 0.343. The molecule has 3 aromatic carbocycles. The number of aryl methyl sites for hydroxylation is 1. The first-order valence-corrected chi connectivity index (χ1v) is 15.0. The zero-order valence-corrected chi connectivity index (χ0v) is 26.5. The van der Waals surface area contributed by atoms with Crippen molar-refractivity contribution in [2.45, 2.75) is 71.2 Å². The highest BCUT2D eigenvalue weighted by Gasteiger charge is 2.48. The number of para-hydroxylation sites is 1. The minimum Gasteiger partial charge on any atom is -0.508 e. The van der Waals surface area contributed by atoms with Crippen LogP contribution in [0.15, 0.2) is 73.3 Å². The lowest BCUT2D eigenvalue weighted by Gasteiger charge is -2.35. The summed E-state index contributed by atoms with van der Waals surface area (Å²) in [6, 6.07) is 16.7. The Morgan fingerprint density at radius 2 is 1.77 bits per heavy atom. The number of carbonyl (C=O) groups excluding carboxylic acids is 3. The van der Waals surface area contributed by atoms with Crippen LogP contribution < -0.4 is 10.6 Å². The van der Waals surface area contributed by atoms with Gasteiger partial charge in [-0.1, -0.05) is 73.6 Å². The van der Waals surface area contributed by atoms with Gasteiger partial charge in [-0.25, -0.2) is 4.79 Å². The maximum Gasteiger partial charge on any atom is 0.408 e. The summed E-state index contributed by atoms with van der Waals surface area (Å²) in [6.07, 6.45) is 1.74. The highest BCUT2D eigenvalue weighted by atomic mass is 35.5. The molecule has 1 fully saturated rings. The zero-order valence-electron chi connectivity index (χ0n) is 25.8. The van der Waals surface area contributed by atoms with Crippen molar-refractivity contribution >= 4 is 41.3 Å². The van der Waals surface area contributed by atoms with Gasteiger partial charge < -0.3 is 25.4 Å². The number of aromatic hydroxyl groups is 1. The van der Waals surface area contributed by atoms with E-state index in [1.165, 1.54) is 12.1 Å². The molecule has 4 atom stereocenters. The average Bonchev–Trinajstić information content (AvgIpc) is 3.68. The molecule has 0 aromatic heterocycles. The standard InChI is InChI=1S/C35H40ClN3O5/c1-7-23-11-9-12-25(19-23)31(32(41)38-30-21(2)10-8-13-27(30)36)39(29-18-22(29)3)33(42)28(37-34(43)44-35(4,5)6)20-24-14-16-26(40)17-15-24/h7-17,19,22,28-29,31,40H,1,18,20H2,2-6H3,(H,37,43)(H,38,41). The topological polar surface area (TPSA) is 108 Å². The van der Waals surface area contributed by atoms with Crippen molar-refractivity contribution in [2.24, 2.45) is 5.92 Å². The van der Waals surface area contributed by atoms with Gasteiger partial charge in [-0.05, 0) is 86.6 Å². The molecular weight excluding hydrogens is 578 g/mol. The number of carbonyl (C=O) groups is 3. The summed E-state index contributed by atoms with van der Waals surface area (Å²) in [5, 5.41) is 15.9. The van der Waals surface area contributed by atoms with Crippen LogP contribution in [0.4, 0.5) is 10.5 Å². The Kier molecular flexibility index (Phi) is 10.0. The normalized spacial score (nSPS) is 17.1. The van der Waals surface area contributed by atoms with Crippen molar-refractivity contribution in [1.29, 1.82) is 0 Å². The van der Waals surface area contributed by atoms with E-state index in [1.54, 1.807) is 62.1 Å². The average molecular weight is 618 g/mol. The minimum absolute atomic E-state index is 0.0823. The quantitative estimate of drug-likeness (QED) is 0.226. The lowest BCUT2D eigenvalue weighted by atomic mass is 9.98. The summed E-state index contributed by atoms with van der Waals surface area (Å²) in [6.45, 7) is 13.0. The molecule has 0 aliphatic heterocycles. The lowest BCUT2D eigenvalue weighted by Crippen LogP contribution is -2.54. The number of hydrogen-bond donors (Lipinski definition) is 3. The molecule has 44 heavy (non-hydrogen) atoms. The number of amides is 3. The van der Waals surface area contributed by atoms with Crippen LogP contribution in [0.5, 0.6) is 5.75 Å². The van der Waals surface area contributed by atoms with Crippen molar-refractivity contribution in [3.63, 3.8) is 0 Å². The van der Waals surface area contributed by atoms with Crippen molar-refractivity contribution in [3.8, 4) is 5.75 Å². The molecule has 0 spiro atoms. The third-order valence-corrected chi connectivity index (χ3v) is 7.82. The van der Waals surface area contributed by atoms with E-state index >= 15 is 0 Å². The SMILES string of the molecule is C=Cc1cccc(C(C(=O)Nc2c(C)cccc2Cl)N(C(=O)C(Cc2ccc(O)cc2)NC(=O)OC(C)(C)C)C2CC2C)c1. The van der Waals surface area contributed by atoms with Crippen LogP contribution in [-0.2, 0) is 20.7 Å². The van der Waals surface area contributed by atoms with Gasteiger partial charge in [0.15, 0.2) is 0 Å². The molecule has 0 radical (unpaired) electrons. The maximum atomic E-state index is 14.7. The van der Waals surface area contributed by atoms with E-state index in [-0.39, 0.29) is 24.1 Å². The highest BCUT2D eigenvalue weighted by Crippen LogP contribution is 2.41. The van der Waals surface area contributed by atoms with Crippen LogP contribution in [-0.4, -0.2) is 45.6 Å². The van der Waals surface area contributed by atoms with Gasteiger partial charge in [-0.15, -0.1) is 0 Å². The van der Waals surface area contributed by atoms with Crippen LogP contribution in [0.25, 0.3) is 6.08 Å².